The predicted molar refractivity (Wildman–Crippen MR) is 83.6 cm³/mol. The molecular formula is C14H13N3OS2. The monoisotopic (exact) mass is 303 g/mol. The van der Waals surface area contributed by atoms with Crippen molar-refractivity contribution in [3.63, 3.8) is 0 Å². The van der Waals surface area contributed by atoms with Crippen molar-refractivity contribution < 1.29 is 4.74 Å². The van der Waals surface area contributed by atoms with Gasteiger partial charge in [-0.05, 0) is 29.9 Å². The molecule has 0 bridgehead atoms. The average Bonchev–Trinajstić information content (AvgIpc) is 3.09. The lowest BCUT2D eigenvalue weighted by molar-refractivity contribution is 0.399. The van der Waals surface area contributed by atoms with Crippen molar-refractivity contribution in [3.8, 4) is 16.6 Å². The number of hydrogen-bond acceptors (Lipinski definition) is 5. The van der Waals surface area contributed by atoms with Gasteiger partial charge in [0.15, 0.2) is 11.5 Å². The van der Waals surface area contributed by atoms with Crippen LogP contribution in [0.1, 0.15) is 10.4 Å². The van der Waals surface area contributed by atoms with E-state index in [4.69, 9.17) is 4.74 Å². The Bertz CT molecular complexity index is 754. The summed E-state index contributed by atoms with van der Waals surface area (Å²) in [7, 11) is 1.62. The Labute approximate surface area is 124 Å². The molecule has 0 saturated carbocycles. The zero-order valence-electron chi connectivity index (χ0n) is 11.0. The molecule has 4 nitrogen and oxygen atoms in total. The third-order valence-corrected chi connectivity index (χ3v) is 5.64. The van der Waals surface area contributed by atoms with Crippen molar-refractivity contribution in [2.45, 2.75) is 12.2 Å². The first kappa shape index (κ1) is 12.2. The standard InChI is InChI=1S/C14H13N3OS2/c1-18-12-3-2-9-13(16-12)17-14(15-9)11-6-8-7-19-5-4-10(8)20-11/h2-3,6H,4-5,7H2,1H3,(H,15,16,17). The van der Waals surface area contributed by atoms with Gasteiger partial charge in [0, 0.05) is 16.7 Å². The molecular weight excluding hydrogens is 290 g/mol. The summed E-state index contributed by atoms with van der Waals surface area (Å²) in [6.07, 6.45) is 1.18. The third-order valence-electron chi connectivity index (χ3n) is 3.39. The van der Waals surface area contributed by atoms with E-state index in [0.717, 1.165) is 17.1 Å². The number of fused-ring (bicyclic) bond motifs is 2. The summed E-state index contributed by atoms with van der Waals surface area (Å²) in [5, 5.41) is 0. The Morgan fingerprint density at radius 2 is 2.25 bits per heavy atom. The molecule has 1 aliphatic rings. The van der Waals surface area contributed by atoms with Gasteiger partial charge in [-0.25, -0.2) is 4.98 Å². The lowest BCUT2D eigenvalue weighted by atomic mass is 10.2. The zero-order valence-corrected chi connectivity index (χ0v) is 12.6. The highest BCUT2D eigenvalue weighted by Gasteiger charge is 2.16. The maximum atomic E-state index is 5.14. The summed E-state index contributed by atoms with van der Waals surface area (Å²) in [6, 6.07) is 6.07. The molecule has 0 fully saturated rings. The summed E-state index contributed by atoms with van der Waals surface area (Å²) in [6.45, 7) is 0. The van der Waals surface area contributed by atoms with Crippen LogP contribution in [-0.2, 0) is 12.2 Å². The Morgan fingerprint density at radius 1 is 1.30 bits per heavy atom. The average molecular weight is 303 g/mol. The number of nitrogens with one attached hydrogen (secondary N) is 1. The highest BCUT2D eigenvalue weighted by atomic mass is 32.2. The molecule has 0 spiro atoms. The molecule has 0 radical (unpaired) electrons. The van der Waals surface area contributed by atoms with Gasteiger partial charge in [-0.3, -0.25) is 0 Å². The van der Waals surface area contributed by atoms with Gasteiger partial charge in [0.25, 0.3) is 0 Å². The number of thioether (sulfide) groups is 1. The van der Waals surface area contributed by atoms with Gasteiger partial charge in [-0.15, -0.1) is 11.3 Å². The first-order chi connectivity index (χ1) is 9.83. The highest BCUT2D eigenvalue weighted by Crippen LogP contribution is 2.36. The normalized spacial score (nSPS) is 14.4. The molecule has 1 N–H and O–H groups in total. The van der Waals surface area contributed by atoms with Crippen molar-refractivity contribution >= 4 is 34.3 Å². The van der Waals surface area contributed by atoms with Gasteiger partial charge >= 0.3 is 0 Å². The van der Waals surface area contributed by atoms with Gasteiger partial charge in [0.05, 0.1) is 17.5 Å². The largest absolute Gasteiger partial charge is 0.481 e. The number of ether oxygens (including phenoxy) is 1. The van der Waals surface area contributed by atoms with Crippen LogP contribution in [-0.4, -0.2) is 27.8 Å². The van der Waals surface area contributed by atoms with Crippen molar-refractivity contribution in [2.24, 2.45) is 0 Å². The van der Waals surface area contributed by atoms with E-state index in [9.17, 15) is 0 Å². The van der Waals surface area contributed by atoms with Crippen LogP contribution < -0.4 is 4.74 Å². The van der Waals surface area contributed by atoms with E-state index in [0.29, 0.717) is 11.5 Å². The number of aromatic amines is 1. The van der Waals surface area contributed by atoms with E-state index < -0.39 is 0 Å². The quantitative estimate of drug-likeness (QED) is 0.787. The van der Waals surface area contributed by atoms with Gasteiger partial charge in [-0.2, -0.15) is 16.7 Å². The minimum atomic E-state index is 0.595. The van der Waals surface area contributed by atoms with Crippen LogP contribution >= 0.6 is 23.1 Å². The maximum Gasteiger partial charge on any atom is 0.215 e. The number of nitrogens with zero attached hydrogens (tertiary/aromatic N) is 2. The minimum absolute atomic E-state index is 0.595. The molecule has 4 heterocycles. The van der Waals surface area contributed by atoms with Crippen LogP contribution in [0.2, 0.25) is 0 Å². The van der Waals surface area contributed by atoms with E-state index >= 15 is 0 Å². The molecule has 3 aromatic heterocycles. The number of rotatable bonds is 2. The van der Waals surface area contributed by atoms with Crippen LogP contribution in [0.4, 0.5) is 0 Å². The summed E-state index contributed by atoms with van der Waals surface area (Å²) in [4.78, 5) is 15.0. The van der Waals surface area contributed by atoms with E-state index in [1.54, 1.807) is 7.11 Å². The molecule has 0 amide bonds. The second kappa shape index (κ2) is 4.79. The van der Waals surface area contributed by atoms with Crippen molar-refractivity contribution in [2.75, 3.05) is 12.9 Å². The van der Waals surface area contributed by atoms with E-state index in [1.165, 1.54) is 27.5 Å². The Hall–Kier alpha value is -1.53. The maximum absolute atomic E-state index is 5.14. The Morgan fingerprint density at radius 3 is 3.10 bits per heavy atom. The topological polar surface area (TPSA) is 50.8 Å². The number of aryl methyl sites for hydroxylation is 1. The molecule has 0 aromatic carbocycles. The van der Waals surface area contributed by atoms with Gasteiger partial charge in [-0.1, -0.05) is 0 Å². The fourth-order valence-electron chi connectivity index (χ4n) is 2.37. The smallest absolute Gasteiger partial charge is 0.215 e. The fourth-order valence-corrected chi connectivity index (χ4v) is 4.69. The molecule has 4 rings (SSSR count). The summed E-state index contributed by atoms with van der Waals surface area (Å²) >= 11 is 3.85. The summed E-state index contributed by atoms with van der Waals surface area (Å²) in [5.74, 6) is 3.85. The Balaban J connectivity index is 1.79. The molecule has 0 unspecified atom stereocenters. The molecule has 0 aliphatic carbocycles. The van der Waals surface area contributed by atoms with Crippen LogP contribution in [0.3, 0.4) is 0 Å². The molecule has 102 valence electrons. The van der Waals surface area contributed by atoms with Gasteiger partial charge in [0.2, 0.25) is 5.88 Å². The number of H-pyrrole nitrogens is 1. The number of aromatic nitrogens is 3. The number of methoxy groups -OCH3 is 1. The zero-order chi connectivity index (χ0) is 13.5. The number of thiophene rings is 1. The minimum Gasteiger partial charge on any atom is -0.481 e. The van der Waals surface area contributed by atoms with Crippen molar-refractivity contribution in [1.82, 2.24) is 15.0 Å². The van der Waals surface area contributed by atoms with E-state index in [1.807, 2.05) is 35.2 Å². The van der Waals surface area contributed by atoms with Gasteiger partial charge < -0.3 is 9.72 Å². The molecule has 6 heteroatoms. The van der Waals surface area contributed by atoms with Crippen LogP contribution in [0.25, 0.3) is 21.9 Å². The fraction of sp³-hybridized carbons (Fsp3) is 0.286. The van der Waals surface area contributed by atoms with E-state index in [-0.39, 0.29) is 0 Å². The second-order valence-electron chi connectivity index (χ2n) is 4.67. The molecule has 0 atom stereocenters. The Kier molecular flexibility index (Phi) is 2.93. The molecule has 3 aromatic rings. The number of pyridine rings is 1. The van der Waals surface area contributed by atoms with Crippen molar-refractivity contribution in [1.29, 1.82) is 0 Å². The predicted octanol–water partition coefficient (Wildman–Crippen LogP) is 3.48. The van der Waals surface area contributed by atoms with E-state index in [2.05, 4.69) is 21.0 Å². The number of imidazole rings is 1. The first-order valence-electron chi connectivity index (χ1n) is 6.44. The summed E-state index contributed by atoms with van der Waals surface area (Å²) in [5.41, 5.74) is 3.12. The second-order valence-corrected chi connectivity index (χ2v) is 6.91. The lowest BCUT2D eigenvalue weighted by Crippen LogP contribution is -1.96. The van der Waals surface area contributed by atoms with Crippen molar-refractivity contribution in [3.05, 3.63) is 28.6 Å². The molecule has 0 saturated heterocycles. The number of hydrogen-bond donors (Lipinski definition) is 1. The molecule has 20 heavy (non-hydrogen) atoms. The first-order valence-corrected chi connectivity index (χ1v) is 8.41. The van der Waals surface area contributed by atoms with Crippen LogP contribution in [0, 0.1) is 0 Å². The highest BCUT2D eigenvalue weighted by molar-refractivity contribution is 7.98. The molecule has 1 aliphatic heterocycles. The van der Waals surface area contributed by atoms with Crippen LogP contribution in [0.15, 0.2) is 18.2 Å². The third kappa shape index (κ3) is 1.99. The van der Waals surface area contributed by atoms with Gasteiger partial charge in [0.1, 0.15) is 0 Å². The van der Waals surface area contributed by atoms with Crippen LogP contribution in [0.5, 0.6) is 5.88 Å². The summed E-state index contributed by atoms with van der Waals surface area (Å²) < 4.78 is 5.14. The lowest BCUT2D eigenvalue weighted by Gasteiger charge is -2.08. The SMILES string of the molecule is COc1ccc2[nH]c(-c3cc4c(s3)CCSC4)nc2n1.